The van der Waals surface area contributed by atoms with Crippen molar-refractivity contribution in [2.45, 2.75) is 69.9 Å². The molecule has 1 aromatic heterocycles. The van der Waals surface area contributed by atoms with Gasteiger partial charge in [0.15, 0.2) is 6.29 Å². The maximum atomic E-state index is 13.2. The molecule has 4 fully saturated rings. The molecule has 6 rings (SSSR count). The van der Waals surface area contributed by atoms with Crippen molar-refractivity contribution in [3.05, 3.63) is 47.3 Å². The summed E-state index contributed by atoms with van der Waals surface area (Å²) in [7, 11) is 1.53. The lowest BCUT2D eigenvalue weighted by molar-refractivity contribution is -0.136. The molecular formula is C35H46N8O5. The predicted molar refractivity (Wildman–Crippen MR) is 180 cm³/mol. The van der Waals surface area contributed by atoms with Gasteiger partial charge in [0.2, 0.25) is 17.8 Å². The Morgan fingerprint density at radius 3 is 2.31 bits per heavy atom. The fourth-order valence-corrected chi connectivity index (χ4v) is 7.41. The minimum Gasteiger partial charge on any atom is -0.369 e. The zero-order valence-corrected chi connectivity index (χ0v) is 27.7. The van der Waals surface area contributed by atoms with E-state index in [0.29, 0.717) is 23.7 Å². The lowest BCUT2D eigenvalue weighted by Gasteiger charge is -2.39. The molecule has 4 heterocycles. The number of amides is 4. The molecule has 3 aliphatic heterocycles. The normalized spacial score (nSPS) is 21.5. The number of aldehydes is 1. The summed E-state index contributed by atoms with van der Waals surface area (Å²) in [5, 5.41) is 5.41. The molecule has 3 saturated heterocycles. The Hall–Kier alpha value is -4.39. The average molecular weight is 659 g/mol. The highest BCUT2D eigenvalue weighted by Gasteiger charge is 2.33. The fraction of sp³-hybridized carbons (Fsp3) is 0.571. The molecule has 1 aromatic carbocycles. The van der Waals surface area contributed by atoms with Crippen molar-refractivity contribution in [2.75, 3.05) is 62.7 Å². The minimum atomic E-state index is -0.750. The van der Waals surface area contributed by atoms with Gasteiger partial charge in [-0.3, -0.25) is 34.2 Å². The van der Waals surface area contributed by atoms with Gasteiger partial charge in [-0.2, -0.15) is 0 Å². The van der Waals surface area contributed by atoms with Crippen LogP contribution in [-0.4, -0.2) is 115 Å². The number of anilines is 2. The quantitative estimate of drug-likeness (QED) is 0.304. The summed E-state index contributed by atoms with van der Waals surface area (Å²) in [5.74, 6) is -0.0770. The second kappa shape index (κ2) is 15.2. The summed E-state index contributed by atoms with van der Waals surface area (Å²) in [6.07, 6.45) is 12.2. The maximum Gasteiger partial charge on any atom is 0.255 e. The summed E-state index contributed by atoms with van der Waals surface area (Å²) in [6.45, 7) is 6.24. The molecule has 1 atom stereocenters. The predicted octanol–water partition coefficient (Wildman–Crippen LogP) is 2.27. The summed E-state index contributed by atoms with van der Waals surface area (Å²) >= 11 is 0. The van der Waals surface area contributed by atoms with Crippen LogP contribution in [0.2, 0.25) is 0 Å². The number of rotatable bonds is 9. The highest BCUT2D eigenvalue weighted by atomic mass is 16.2. The monoisotopic (exact) mass is 658 g/mol. The number of carbonyl (C=O) groups excluding carboxylic acids is 5. The van der Waals surface area contributed by atoms with Crippen LogP contribution in [0.1, 0.15) is 88.9 Å². The molecule has 256 valence electrons. The highest BCUT2D eigenvalue weighted by molar-refractivity contribution is 6.06. The fourth-order valence-electron chi connectivity index (χ4n) is 7.41. The first-order valence-corrected chi connectivity index (χ1v) is 17.3. The van der Waals surface area contributed by atoms with Gasteiger partial charge in [-0.15, -0.1) is 0 Å². The van der Waals surface area contributed by atoms with Crippen LogP contribution in [0.3, 0.4) is 0 Å². The molecule has 4 amide bonds. The molecule has 2 N–H and O–H groups in total. The Kier molecular flexibility index (Phi) is 10.6. The number of likely N-dealkylation sites (N-methyl/N-ethyl adjacent to an activating group) is 1. The van der Waals surface area contributed by atoms with Crippen molar-refractivity contribution in [2.24, 2.45) is 5.92 Å². The van der Waals surface area contributed by atoms with Crippen LogP contribution in [-0.2, 0) is 9.59 Å². The van der Waals surface area contributed by atoms with Crippen LogP contribution >= 0.6 is 0 Å². The second-order valence-electron chi connectivity index (χ2n) is 13.6. The lowest BCUT2D eigenvalue weighted by atomic mass is 9.95. The second-order valence-corrected chi connectivity index (χ2v) is 13.6. The molecule has 1 saturated carbocycles. The van der Waals surface area contributed by atoms with Gasteiger partial charge in [0, 0.05) is 89.0 Å². The van der Waals surface area contributed by atoms with Gasteiger partial charge in [0.05, 0.1) is 11.1 Å². The number of nitrogens with one attached hydrogen (secondary N) is 2. The average Bonchev–Trinajstić information content (AvgIpc) is 3.12. The topological polar surface area (TPSA) is 148 Å². The maximum absolute atomic E-state index is 13.2. The number of nitrogens with zero attached hydrogens (tertiary/aromatic N) is 6. The number of aromatic nitrogens is 2. The van der Waals surface area contributed by atoms with Gasteiger partial charge in [0.25, 0.3) is 11.8 Å². The van der Waals surface area contributed by atoms with Crippen LogP contribution < -0.4 is 20.4 Å². The Bertz CT molecular complexity index is 1490. The SMILES string of the molecule is CN(C(=O)c1ccc(N2CCN(CC3CCN(c4ncc(C(=O)NC5CCCCC5)cn4)CC3)CC2)cc1C=O)C1CCC(=O)NC1=O. The molecule has 13 heteroatoms. The van der Waals surface area contributed by atoms with Gasteiger partial charge in [0.1, 0.15) is 6.04 Å². The first kappa shape index (κ1) is 33.5. The molecule has 0 radical (unpaired) electrons. The number of hydrogen-bond acceptors (Lipinski definition) is 10. The van der Waals surface area contributed by atoms with E-state index < -0.39 is 17.9 Å². The van der Waals surface area contributed by atoms with E-state index in [4.69, 9.17) is 0 Å². The van der Waals surface area contributed by atoms with Crippen LogP contribution in [0.15, 0.2) is 30.6 Å². The molecule has 13 nitrogen and oxygen atoms in total. The van der Waals surface area contributed by atoms with E-state index in [0.717, 1.165) is 77.2 Å². The number of imide groups is 1. The van der Waals surface area contributed by atoms with Crippen molar-refractivity contribution in [3.8, 4) is 0 Å². The summed E-state index contributed by atoms with van der Waals surface area (Å²) < 4.78 is 0. The van der Waals surface area contributed by atoms with E-state index in [1.54, 1.807) is 24.5 Å². The Balaban J connectivity index is 0.951. The van der Waals surface area contributed by atoms with E-state index in [9.17, 15) is 24.0 Å². The van der Waals surface area contributed by atoms with Gasteiger partial charge in [-0.25, -0.2) is 9.97 Å². The number of piperidine rings is 2. The zero-order chi connectivity index (χ0) is 33.6. The first-order valence-electron chi connectivity index (χ1n) is 17.3. The zero-order valence-electron chi connectivity index (χ0n) is 27.7. The molecule has 48 heavy (non-hydrogen) atoms. The third-order valence-electron chi connectivity index (χ3n) is 10.4. The van der Waals surface area contributed by atoms with E-state index in [1.807, 2.05) is 6.07 Å². The molecule has 0 bridgehead atoms. The molecule has 4 aliphatic rings. The standard InChI is InChI=1S/C35H46N8O5/c1-40(30-9-10-31(45)39-33(30)47)34(48)29-8-7-28(19-25(29)23-44)42-17-15-41(16-18-42)22-24-11-13-43(14-12-24)35-36-20-26(21-37-35)32(46)38-27-5-3-2-4-6-27/h7-8,19-21,23-24,27,30H,2-6,9-18,22H2,1H3,(H,38,46)(H,39,45,47). The number of piperazine rings is 1. The van der Waals surface area contributed by atoms with E-state index in [-0.39, 0.29) is 41.8 Å². The van der Waals surface area contributed by atoms with Gasteiger partial charge >= 0.3 is 0 Å². The molecule has 1 aliphatic carbocycles. The molecular weight excluding hydrogens is 612 g/mol. The van der Waals surface area contributed by atoms with Crippen molar-refractivity contribution in [1.82, 2.24) is 30.4 Å². The first-order chi connectivity index (χ1) is 23.3. The highest BCUT2D eigenvalue weighted by Crippen LogP contribution is 2.26. The Labute approximate surface area is 281 Å². The minimum absolute atomic E-state index is 0.0848. The van der Waals surface area contributed by atoms with Crippen molar-refractivity contribution < 1.29 is 24.0 Å². The van der Waals surface area contributed by atoms with Crippen LogP contribution in [0, 0.1) is 5.92 Å². The van der Waals surface area contributed by atoms with Crippen LogP contribution in [0.25, 0.3) is 0 Å². The van der Waals surface area contributed by atoms with Gasteiger partial charge < -0.3 is 20.0 Å². The number of benzene rings is 1. The van der Waals surface area contributed by atoms with Crippen molar-refractivity contribution >= 4 is 41.6 Å². The van der Waals surface area contributed by atoms with Gasteiger partial charge in [-0.05, 0) is 56.2 Å². The summed E-state index contributed by atoms with van der Waals surface area (Å²) in [4.78, 5) is 79.0. The van der Waals surface area contributed by atoms with Crippen LogP contribution in [0.4, 0.5) is 11.6 Å². The third-order valence-corrected chi connectivity index (χ3v) is 10.4. The Morgan fingerprint density at radius 2 is 1.65 bits per heavy atom. The largest absolute Gasteiger partial charge is 0.369 e. The smallest absolute Gasteiger partial charge is 0.255 e. The van der Waals surface area contributed by atoms with Crippen LogP contribution in [0.5, 0.6) is 0 Å². The lowest BCUT2D eigenvalue weighted by Crippen LogP contribution is -2.53. The summed E-state index contributed by atoms with van der Waals surface area (Å²) in [5.41, 5.74) is 1.94. The van der Waals surface area contributed by atoms with E-state index >= 15 is 0 Å². The van der Waals surface area contributed by atoms with Gasteiger partial charge in [-0.1, -0.05) is 19.3 Å². The Morgan fingerprint density at radius 1 is 0.938 bits per heavy atom. The molecule has 2 aromatic rings. The van der Waals surface area contributed by atoms with Crippen molar-refractivity contribution in [3.63, 3.8) is 0 Å². The molecule has 0 spiro atoms. The molecule has 1 unspecified atom stereocenters. The van der Waals surface area contributed by atoms with E-state index in [2.05, 4.69) is 35.3 Å². The summed E-state index contributed by atoms with van der Waals surface area (Å²) in [6, 6.07) is 4.78. The van der Waals surface area contributed by atoms with E-state index in [1.165, 1.54) is 31.2 Å². The van der Waals surface area contributed by atoms with Crippen molar-refractivity contribution in [1.29, 1.82) is 0 Å². The number of hydrogen-bond donors (Lipinski definition) is 2. The third kappa shape index (κ3) is 7.83. The number of carbonyl (C=O) groups is 5.